The molecule has 0 aromatic heterocycles. The van der Waals surface area contributed by atoms with Crippen LogP contribution in [0, 0.1) is 0 Å². The highest BCUT2D eigenvalue weighted by Crippen LogP contribution is 2.29. The van der Waals surface area contributed by atoms with E-state index in [1.165, 1.54) is 12.8 Å². The van der Waals surface area contributed by atoms with Crippen molar-refractivity contribution in [1.82, 2.24) is 4.90 Å². The maximum atomic E-state index is 10.7. The largest absolute Gasteiger partial charge is 0.371 e. The topological polar surface area (TPSA) is 23.6 Å². The number of hydrogen-bond acceptors (Lipinski definition) is 3. The first-order valence-electron chi connectivity index (χ1n) is 6.28. The summed E-state index contributed by atoms with van der Waals surface area (Å²) >= 11 is 3.56. The van der Waals surface area contributed by atoms with Crippen molar-refractivity contribution in [2.24, 2.45) is 0 Å². The Hall–Kier alpha value is -0.870. The molecule has 98 valence electrons. The lowest BCUT2D eigenvalue weighted by Crippen LogP contribution is -2.42. The van der Waals surface area contributed by atoms with Gasteiger partial charge in [-0.25, -0.2) is 0 Å². The minimum atomic E-state index is 0.583. The average molecular weight is 311 g/mol. The zero-order chi connectivity index (χ0) is 13.1. The summed E-state index contributed by atoms with van der Waals surface area (Å²) in [6, 6.07) is 6.36. The molecule has 0 radical (unpaired) electrons. The van der Waals surface area contributed by atoms with Gasteiger partial charge in [-0.2, -0.15) is 0 Å². The summed E-state index contributed by atoms with van der Waals surface area (Å²) in [5.74, 6) is 0. The van der Waals surface area contributed by atoms with Crippen molar-refractivity contribution in [3.8, 4) is 0 Å². The van der Waals surface area contributed by atoms with Gasteiger partial charge >= 0.3 is 0 Å². The molecule has 18 heavy (non-hydrogen) atoms. The number of piperidine rings is 1. The molecule has 2 rings (SSSR count). The molecule has 1 aliphatic heterocycles. The van der Waals surface area contributed by atoms with E-state index in [4.69, 9.17) is 0 Å². The molecule has 1 aliphatic rings. The van der Waals surface area contributed by atoms with Crippen molar-refractivity contribution >= 4 is 27.9 Å². The summed E-state index contributed by atoms with van der Waals surface area (Å²) in [5.41, 5.74) is 1.87. The Bertz CT molecular complexity index is 428. The lowest BCUT2D eigenvalue weighted by atomic mass is 10.0. The van der Waals surface area contributed by atoms with Crippen molar-refractivity contribution in [3.63, 3.8) is 0 Å². The maximum absolute atomic E-state index is 10.7. The quantitative estimate of drug-likeness (QED) is 0.802. The average Bonchev–Trinajstić information content (AvgIpc) is 2.38. The van der Waals surface area contributed by atoms with Crippen LogP contribution >= 0.6 is 15.9 Å². The Morgan fingerprint density at radius 2 is 2.06 bits per heavy atom. The fourth-order valence-corrected chi connectivity index (χ4v) is 3.14. The van der Waals surface area contributed by atoms with Gasteiger partial charge in [-0.05, 0) is 67.1 Å². The van der Waals surface area contributed by atoms with Crippen LogP contribution in [-0.4, -0.2) is 44.4 Å². The molecule has 1 saturated heterocycles. The van der Waals surface area contributed by atoms with Crippen LogP contribution in [0.5, 0.6) is 0 Å². The first kappa shape index (κ1) is 13.6. The second kappa shape index (κ2) is 5.85. The molecular formula is C14H19BrN2O. The summed E-state index contributed by atoms with van der Waals surface area (Å²) in [5, 5.41) is 0. The zero-order valence-electron chi connectivity index (χ0n) is 10.9. The number of anilines is 1. The molecule has 0 amide bonds. The Morgan fingerprint density at radius 1 is 1.39 bits per heavy atom. The zero-order valence-corrected chi connectivity index (χ0v) is 12.5. The van der Waals surface area contributed by atoms with Crippen LogP contribution in [0.2, 0.25) is 0 Å². The van der Waals surface area contributed by atoms with Crippen molar-refractivity contribution in [2.75, 3.05) is 32.1 Å². The molecule has 1 heterocycles. The Kier molecular flexibility index (Phi) is 4.40. The molecule has 0 atom stereocenters. The Labute approximate surface area is 117 Å². The van der Waals surface area contributed by atoms with Gasteiger partial charge in [0.1, 0.15) is 6.29 Å². The predicted octanol–water partition coefficient (Wildman–Crippen LogP) is 2.79. The lowest BCUT2D eigenvalue weighted by molar-refractivity contribution is 0.112. The third-order valence-electron chi connectivity index (χ3n) is 3.72. The van der Waals surface area contributed by atoms with Gasteiger partial charge in [-0.1, -0.05) is 0 Å². The van der Waals surface area contributed by atoms with Crippen LogP contribution in [0.25, 0.3) is 0 Å². The number of rotatable bonds is 3. The highest BCUT2D eigenvalue weighted by molar-refractivity contribution is 9.10. The molecular weight excluding hydrogens is 292 g/mol. The van der Waals surface area contributed by atoms with Gasteiger partial charge in [-0.15, -0.1) is 0 Å². The van der Waals surface area contributed by atoms with Crippen LogP contribution in [0.4, 0.5) is 5.69 Å². The minimum absolute atomic E-state index is 0.583. The van der Waals surface area contributed by atoms with E-state index in [-0.39, 0.29) is 0 Å². The maximum Gasteiger partial charge on any atom is 0.150 e. The molecule has 0 saturated carbocycles. The van der Waals surface area contributed by atoms with Crippen molar-refractivity contribution in [1.29, 1.82) is 0 Å². The molecule has 0 bridgehead atoms. The first-order chi connectivity index (χ1) is 8.61. The van der Waals surface area contributed by atoms with E-state index < -0.39 is 0 Å². The third-order valence-corrected chi connectivity index (χ3v) is 4.36. The van der Waals surface area contributed by atoms with Gasteiger partial charge in [0.2, 0.25) is 0 Å². The number of hydrogen-bond donors (Lipinski definition) is 0. The van der Waals surface area contributed by atoms with Crippen LogP contribution in [0.1, 0.15) is 23.2 Å². The number of halogens is 1. The van der Waals surface area contributed by atoms with Crippen molar-refractivity contribution < 1.29 is 4.79 Å². The minimum Gasteiger partial charge on any atom is -0.371 e. The number of likely N-dealkylation sites (tertiary alicyclic amines) is 1. The predicted molar refractivity (Wildman–Crippen MR) is 78.5 cm³/mol. The highest BCUT2D eigenvalue weighted by atomic mass is 79.9. The van der Waals surface area contributed by atoms with Gasteiger partial charge in [0.25, 0.3) is 0 Å². The third kappa shape index (κ3) is 2.93. The van der Waals surface area contributed by atoms with Crippen molar-refractivity contribution in [3.05, 3.63) is 28.2 Å². The smallest absolute Gasteiger partial charge is 0.150 e. The van der Waals surface area contributed by atoms with E-state index in [0.29, 0.717) is 11.6 Å². The number of aldehydes is 1. The summed E-state index contributed by atoms with van der Waals surface area (Å²) < 4.78 is 0.994. The summed E-state index contributed by atoms with van der Waals surface area (Å²) in [7, 11) is 4.31. The SMILES string of the molecule is CN1CCC(N(C)c2ccc(C=O)cc2Br)CC1. The molecule has 0 spiro atoms. The van der Waals surface area contributed by atoms with E-state index in [9.17, 15) is 4.79 Å². The van der Waals surface area contributed by atoms with Gasteiger partial charge in [0.05, 0.1) is 5.69 Å². The number of carbonyl (C=O) groups excluding carboxylic acids is 1. The molecule has 4 heteroatoms. The molecule has 1 fully saturated rings. The molecule has 1 aromatic rings. The Morgan fingerprint density at radius 3 is 2.61 bits per heavy atom. The monoisotopic (exact) mass is 310 g/mol. The first-order valence-corrected chi connectivity index (χ1v) is 7.07. The summed E-state index contributed by atoms with van der Waals surface area (Å²) in [6.07, 6.45) is 3.26. The molecule has 3 nitrogen and oxygen atoms in total. The summed E-state index contributed by atoms with van der Waals surface area (Å²) in [4.78, 5) is 15.4. The fraction of sp³-hybridized carbons (Fsp3) is 0.500. The van der Waals surface area contributed by atoms with E-state index in [1.807, 2.05) is 18.2 Å². The highest BCUT2D eigenvalue weighted by Gasteiger charge is 2.21. The number of nitrogens with zero attached hydrogens (tertiary/aromatic N) is 2. The van der Waals surface area contributed by atoms with Crippen LogP contribution < -0.4 is 4.90 Å². The fourth-order valence-electron chi connectivity index (χ4n) is 2.46. The van der Waals surface area contributed by atoms with E-state index in [1.54, 1.807) is 0 Å². The molecule has 0 N–H and O–H groups in total. The number of carbonyl (C=O) groups is 1. The van der Waals surface area contributed by atoms with E-state index in [0.717, 1.165) is 29.5 Å². The molecule has 1 aromatic carbocycles. The number of benzene rings is 1. The second-order valence-corrected chi connectivity index (χ2v) is 5.83. The second-order valence-electron chi connectivity index (χ2n) is 4.97. The normalized spacial score (nSPS) is 17.7. The van der Waals surface area contributed by atoms with E-state index in [2.05, 4.69) is 39.8 Å². The van der Waals surface area contributed by atoms with Crippen molar-refractivity contribution in [2.45, 2.75) is 18.9 Å². The van der Waals surface area contributed by atoms with Gasteiger partial charge in [0.15, 0.2) is 0 Å². The van der Waals surface area contributed by atoms with Gasteiger partial charge in [-0.3, -0.25) is 4.79 Å². The standard InChI is InChI=1S/C14H19BrN2O/c1-16-7-5-12(6-8-16)17(2)14-4-3-11(10-18)9-13(14)15/h3-4,9-10,12H,5-8H2,1-2H3. The van der Waals surface area contributed by atoms with E-state index >= 15 is 0 Å². The molecule has 0 unspecified atom stereocenters. The molecule has 0 aliphatic carbocycles. The Balaban J connectivity index is 2.13. The summed E-state index contributed by atoms with van der Waals surface area (Å²) in [6.45, 7) is 2.30. The van der Waals surface area contributed by atoms with Crippen LogP contribution in [-0.2, 0) is 0 Å². The van der Waals surface area contributed by atoms with Gasteiger partial charge < -0.3 is 9.80 Å². The van der Waals surface area contributed by atoms with Crippen LogP contribution in [0.3, 0.4) is 0 Å². The lowest BCUT2D eigenvalue weighted by Gasteiger charge is -2.36. The van der Waals surface area contributed by atoms with Crippen LogP contribution in [0.15, 0.2) is 22.7 Å². The van der Waals surface area contributed by atoms with Gasteiger partial charge in [0, 0.05) is 23.1 Å².